The summed E-state index contributed by atoms with van der Waals surface area (Å²) in [5, 5.41) is 16.3. The second-order valence-corrected chi connectivity index (χ2v) is 27.9. The molecule has 17 nitrogen and oxygen atoms in total. The summed E-state index contributed by atoms with van der Waals surface area (Å²) in [4.78, 5) is 42.2. The van der Waals surface area contributed by atoms with E-state index in [2.05, 4.69) is 101 Å². The van der Waals surface area contributed by atoms with Crippen LogP contribution in [0.5, 0.6) is 11.5 Å². The third-order valence-corrected chi connectivity index (χ3v) is 15.1. The maximum Gasteiger partial charge on any atom is 0.410 e. The molecule has 2 N–H and O–H groups in total. The van der Waals surface area contributed by atoms with Gasteiger partial charge in [0, 0.05) is 96.2 Å². The van der Waals surface area contributed by atoms with Gasteiger partial charge in [-0.1, -0.05) is 25.7 Å². The minimum atomic E-state index is -1.22. The summed E-state index contributed by atoms with van der Waals surface area (Å²) in [6.45, 7) is 27.8. The van der Waals surface area contributed by atoms with Crippen molar-refractivity contribution in [3.63, 3.8) is 0 Å². The number of hydrogen-bond acceptors (Lipinski definition) is 15. The number of nitrogens with zero attached hydrogens (tertiary/aromatic N) is 10. The van der Waals surface area contributed by atoms with Crippen molar-refractivity contribution in [1.82, 2.24) is 39.9 Å². The summed E-state index contributed by atoms with van der Waals surface area (Å²) < 4.78 is 26.1. The van der Waals surface area contributed by atoms with Crippen molar-refractivity contribution in [2.45, 2.75) is 142 Å². The molecule has 10 rings (SSSR count). The molecule has 0 unspecified atom stereocenters. The molecule has 0 bridgehead atoms. The molecule has 2 saturated carbocycles. The van der Waals surface area contributed by atoms with Crippen molar-refractivity contribution >= 4 is 42.4 Å². The number of aromatic nitrogens is 6. The van der Waals surface area contributed by atoms with Crippen molar-refractivity contribution in [1.29, 1.82) is 0 Å². The van der Waals surface area contributed by atoms with E-state index in [1.165, 1.54) is 5.56 Å². The molecular formula is C53H75N11O6Si. The topological polar surface area (TPSA) is 178 Å². The Kier molecular flexibility index (Phi) is 15.4. The first-order chi connectivity index (χ1) is 33.8. The van der Waals surface area contributed by atoms with Crippen LogP contribution in [0, 0.1) is 0 Å². The van der Waals surface area contributed by atoms with E-state index in [1.54, 1.807) is 17.6 Å². The van der Waals surface area contributed by atoms with Crippen LogP contribution in [0.1, 0.15) is 91.0 Å². The first-order valence-electron chi connectivity index (χ1n) is 25.3. The summed E-state index contributed by atoms with van der Waals surface area (Å²) in [5.41, 5.74) is 6.14. The summed E-state index contributed by atoms with van der Waals surface area (Å²) in [7, 11) is -0.215. The van der Waals surface area contributed by atoms with Crippen LogP contribution < -0.4 is 24.6 Å². The summed E-state index contributed by atoms with van der Waals surface area (Å²) in [6.07, 6.45) is 7.38. The van der Waals surface area contributed by atoms with Crippen LogP contribution in [0.15, 0.2) is 66.2 Å². The van der Waals surface area contributed by atoms with Gasteiger partial charge in [0.1, 0.15) is 59.3 Å². The quantitative estimate of drug-likeness (QED) is 0.0850. The summed E-state index contributed by atoms with van der Waals surface area (Å²) in [6, 6.07) is 18.0. The van der Waals surface area contributed by atoms with Gasteiger partial charge in [-0.05, 0) is 116 Å². The van der Waals surface area contributed by atoms with Crippen LogP contribution in [0.4, 0.5) is 16.4 Å². The molecule has 6 heterocycles. The lowest BCUT2D eigenvalue weighted by Crippen LogP contribution is -2.55. The Morgan fingerprint density at radius 2 is 1.45 bits per heavy atom. The van der Waals surface area contributed by atoms with Gasteiger partial charge in [0.25, 0.3) is 0 Å². The Labute approximate surface area is 420 Å². The third-order valence-electron chi connectivity index (χ3n) is 13.4. The van der Waals surface area contributed by atoms with Crippen molar-refractivity contribution < 1.29 is 28.8 Å². The number of benzene rings is 2. The third kappa shape index (κ3) is 13.2. The van der Waals surface area contributed by atoms with E-state index < -0.39 is 13.7 Å². The zero-order valence-corrected chi connectivity index (χ0v) is 44.8. The first kappa shape index (κ1) is 51.7. The molecule has 18 heteroatoms. The molecule has 2 atom stereocenters. The number of ether oxygens (including phenoxy) is 4. The predicted octanol–water partition coefficient (Wildman–Crippen LogP) is 8.35. The lowest BCUT2D eigenvalue weighted by Gasteiger charge is -2.40. The van der Waals surface area contributed by atoms with Gasteiger partial charge in [-0.25, -0.2) is 29.4 Å². The zero-order valence-electron chi connectivity index (χ0n) is 43.8. The molecule has 2 aromatic carbocycles. The Morgan fingerprint density at radius 1 is 0.817 bits per heavy atom. The first-order valence-corrected chi connectivity index (χ1v) is 29.0. The number of carbonyl (C=O) groups is 1. The normalized spacial score (nSPS) is 19.9. The minimum Gasteiger partial charge on any atom is -0.488 e. The van der Waals surface area contributed by atoms with E-state index in [0.717, 1.165) is 121 Å². The van der Waals surface area contributed by atoms with Crippen LogP contribution >= 0.6 is 0 Å². The van der Waals surface area contributed by atoms with Crippen LogP contribution in [0.25, 0.3) is 22.3 Å². The van der Waals surface area contributed by atoms with Crippen LogP contribution in [-0.4, -0.2) is 141 Å². The highest BCUT2D eigenvalue weighted by atomic mass is 28.3. The molecule has 3 aromatic heterocycles. The van der Waals surface area contributed by atoms with E-state index in [9.17, 15) is 4.79 Å². The Hall–Kier alpha value is -5.69. The zero-order chi connectivity index (χ0) is 50.7. The number of carbonyl (C=O) groups excluding carboxylic acids is 1. The molecule has 5 aromatic rings. The van der Waals surface area contributed by atoms with Gasteiger partial charge in [-0.15, -0.1) is 0 Å². The van der Waals surface area contributed by atoms with E-state index in [0.29, 0.717) is 45.6 Å². The number of aliphatic hydroxyl groups is 1. The van der Waals surface area contributed by atoms with E-state index in [-0.39, 0.29) is 23.3 Å². The second kappa shape index (κ2) is 21.2. The monoisotopic (exact) mass is 990 g/mol. The van der Waals surface area contributed by atoms with Crippen molar-refractivity contribution in [2.75, 3.05) is 62.8 Å². The molecule has 3 aliphatic heterocycles. The van der Waals surface area contributed by atoms with Gasteiger partial charge in [0.15, 0.2) is 0 Å². The SMILES string of the molecule is CO.C[C@H]1CN(c2cc(-c3c4cc(OC5(C)CC5)ccc4nn3COCC[Si](C)(C)C)ncn2)CCN1C(=O)OC(C)(C)C.C[C@H]1CN(c2cc(C3=NCc4ccc(OC5(C)CC5)cc43)ncn2)CCN1. The highest BCUT2D eigenvalue weighted by Gasteiger charge is 2.41. The maximum absolute atomic E-state index is 12.7. The molecule has 4 fully saturated rings. The molecule has 0 spiro atoms. The summed E-state index contributed by atoms with van der Waals surface area (Å²) >= 11 is 0. The van der Waals surface area contributed by atoms with E-state index in [4.69, 9.17) is 39.1 Å². The molecular weight excluding hydrogens is 915 g/mol. The molecule has 382 valence electrons. The number of nitrogens with one attached hydrogen (secondary N) is 1. The molecule has 1 amide bonds. The predicted molar refractivity (Wildman–Crippen MR) is 282 cm³/mol. The number of fused-ring (bicyclic) bond motifs is 2. The number of piperazine rings is 2. The number of amides is 1. The number of anilines is 2. The Bertz CT molecular complexity index is 2690. The molecule has 5 aliphatic rings. The maximum atomic E-state index is 12.7. The van der Waals surface area contributed by atoms with Crippen LogP contribution in [0.3, 0.4) is 0 Å². The number of aliphatic hydroxyl groups excluding tert-OH is 1. The van der Waals surface area contributed by atoms with Gasteiger partial charge in [0.05, 0.1) is 34.9 Å². The number of hydrogen-bond donors (Lipinski definition) is 2. The second-order valence-electron chi connectivity index (χ2n) is 22.3. The van der Waals surface area contributed by atoms with Gasteiger partial charge < -0.3 is 44.1 Å². The van der Waals surface area contributed by atoms with Gasteiger partial charge in [-0.3, -0.25) is 4.99 Å². The fraction of sp³-hybridized carbons (Fsp3) is 0.566. The largest absolute Gasteiger partial charge is 0.488 e. The fourth-order valence-electron chi connectivity index (χ4n) is 8.84. The highest BCUT2D eigenvalue weighted by molar-refractivity contribution is 6.76. The average Bonchev–Trinajstić information content (AvgIpc) is 4.15. The molecule has 71 heavy (non-hydrogen) atoms. The van der Waals surface area contributed by atoms with Crippen molar-refractivity contribution in [2.24, 2.45) is 4.99 Å². The smallest absolute Gasteiger partial charge is 0.410 e. The van der Waals surface area contributed by atoms with Gasteiger partial charge in [0.2, 0.25) is 0 Å². The highest BCUT2D eigenvalue weighted by Crippen LogP contribution is 2.42. The molecule has 0 radical (unpaired) electrons. The van der Waals surface area contributed by atoms with Gasteiger partial charge >= 0.3 is 6.09 Å². The van der Waals surface area contributed by atoms with E-state index in [1.807, 2.05) is 50.6 Å². The number of aliphatic imine (C=N–C) groups is 1. The van der Waals surface area contributed by atoms with Crippen LogP contribution in [0.2, 0.25) is 25.7 Å². The molecule has 2 saturated heterocycles. The Balaban J connectivity index is 0.000000200. The fourth-order valence-corrected chi connectivity index (χ4v) is 9.59. The van der Waals surface area contributed by atoms with Gasteiger partial charge in [-0.2, -0.15) is 5.10 Å². The summed E-state index contributed by atoms with van der Waals surface area (Å²) in [5.74, 6) is 3.55. The standard InChI is InChI=1S/C31H46N6O4Si.C21H25N5O.CH4O/c1-22-19-35(13-14-36(22)29(38)41-30(2,3)4)27-18-26(32-20-33-27)28-24-17-23(40-31(5)11-12-31)9-10-25(24)34-37(28)21-39-15-16-42(6,7)8;1-14-12-26(8-7-22-14)19-10-18(24-13-25-19)20-17-9-16(27-21(2)5-6-21)4-3-15(17)11-23-20;1-2/h9-10,17-18,20,22H,11-16,19,21H2,1-8H3;3-4,9-10,13-14,22H,5-8,11-12H2,1-2H3;2H,1H3/t22-;14-;/m00./s1. The Morgan fingerprint density at radius 3 is 2.08 bits per heavy atom. The van der Waals surface area contributed by atoms with E-state index >= 15 is 0 Å². The lowest BCUT2D eigenvalue weighted by molar-refractivity contribution is 0.0158. The van der Waals surface area contributed by atoms with Crippen LogP contribution in [-0.2, 0) is 22.7 Å². The number of rotatable bonds is 13. The van der Waals surface area contributed by atoms with Crippen molar-refractivity contribution in [3.05, 3.63) is 78.0 Å². The van der Waals surface area contributed by atoms with Crippen molar-refractivity contribution in [3.8, 4) is 22.9 Å². The molecule has 2 aliphatic carbocycles. The average molecular weight is 990 g/mol. The minimum absolute atomic E-state index is 0.0191. The lowest BCUT2D eigenvalue weighted by atomic mass is 10.0.